The predicted octanol–water partition coefficient (Wildman–Crippen LogP) is -2.92. The highest BCUT2D eigenvalue weighted by Crippen LogP contribution is 2.25. The number of rotatable bonds is 8. The van der Waals surface area contributed by atoms with Gasteiger partial charge in [-0.3, -0.25) is 14.1 Å². The Morgan fingerprint density at radius 2 is 2.07 bits per heavy atom. The molecule has 1 fully saturated rings. The highest BCUT2D eigenvalue weighted by molar-refractivity contribution is 7.84. The van der Waals surface area contributed by atoms with Crippen LogP contribution < -0.4 is 16.8 Å². The Kier molecular flexibility index (Phi) is 6.19. The first-order valence-electron chi connectivity index (χ1n) is 7.12. The fourth-order valence-corrected chi connectivity index (χ4v) is 3.33. The van der Waals surface area contributed by atoms with Crippen LogP contribution in [-0.4, -0.2) is 75.8 Å². The number of β-lactam (4-membered cyclic amide) rings is 1. The number of carbonyl (C=O) groups excluding carboxylic acids is 3. The zero-order valence-corrected chi connectivity index (χ0v) is 15.5. The zero-order chi connectivity index (χ0) is 21.9. The average Bonchev–Trinajstić information content (AvgIpc) is 3.00. The maximum absolute atomic E-state index is 12.5. The van der Waals surface area contributed by atoms with Crippen molar-refractivity contribution in [2.45, 2.75) is 12.3 Å². The Balaban J connectivity index is 2.26. The first-order valence-corrected chi connectivity index (χ1v) is 9.40. The van der Waals surface area contributed by atoms with Crippen LogP contribution in [0.3, 0.4) is 0 Å². The molecule has 0 spiro atoms. The number of aromatic nitrogens is 1. The lowest BCUT2D eigenvalue weighted by atomic mass is 10.1. The standard InChI is InChI=1S/C11H12N6O10S2/c12-10-14-3(2-28-10)5(16-26-1-4(18)19)7(20)15-6-8(21)17(29(23,24)25)9(6)27-11(13)22/h2,6,9H,1H2,(H2,12,14)(H2,13,22)(H,15,20)(H,18,19)(H,23,24,25)/b16-5+/t6-,9-/m1/s1. The molecule has 3 amide bonds. The first kappa shape index (κ1) is 21.8. The van der Waals surface area contributed by atoms with Crippen molar-refractivity contribution >= 4 is 56.4 Å². The summed E-state index contributed by atoms with van der Waals surface area (Å²) in [4.78, 5) is 54.1. The molecule has 0 unspecified atom stereocenters. The highest BCUT2D eigenvalue weighted by atomic mass is 32.2. The quantitative estimate of drug-likeness (QED) is 0.115. The van der Waals surface area contributed by atoms with Gasteiger partial charge in [0.2, 0.25) is 12.8 Å². The molecule has 158 valence electrons. The lowest BCUT2D eigenvalue weighted by Crippen LogP contribution is -2.73. The second kappa shape index (κ2) is 8.24. The number of primary amides is 1. The molecule has 0 aliphatic carbocycles. The summed E-state index contributed by atoms with van der Waals surface area (Å²) in [7, 11) is -5.12. The Morgan fingerprint density at radius 1 is 1.41 bits per heavy atom. The fourth-order valence-electron chi connectivity index (χ4n) is 2.01. The summed E-state index contributed by atoms with van der Waals surface area (Å²) in [6.45, 7) is -0.914. The Hall–Kier alpha value is -3.51. The number of nitrogens with two attached hydrogens (primary N) is 2. The second-order valence-corrected chi connectivity index (χ2v) is 7.25. The summed E-state index contributed by atoms with van der Waals surface area (Å²) in [6, 6.07) is -1.77. The number of nitrogen functional groups attached to an aromatic ring is 1. The Morgan fingerprint density at radius 3 is 2.55 bits per heavy atom. The van der Waals surface area contributed by atoms with E-state index in [1.807, 2.05) is 5.32 Å². The summed E-state index contributed by atoms with van der Waals surface area (Å²) in [5, 5.41) is 15.2. The molecular formula is C11H12N6O10S2. The normalized spacial score (nSPS) is 19.3. The molecule has 0 radical (unpaired) electrons. The number of hydrogen-bond donors (Lipinski definition) is 5. The van der Waals surface area contributed by atoms with Crippen molar-refractivity contribution in [1.82, 2.24) is 14.6 Å². The van der Waals surface area contributed by atoms with Crippen LogP contribution in [0.4, 0.5) is 9.93 Å². The number of hydrogen-bond acceptors (Lipinski definition) is 12. The summed E-state index contributed by atoms with van der Waals surface area (Å²) >= 11 is 0.902. The minimum absolute atomic E-state index is 0.0194. The molecule has 29 heavy (non-hydrogen) atoms. The maximum Gasteiger partial charge on any atom is 0.406 e. The fraction of sp³-hybridized carbons (Fsp3) is 0.273. The van der Waals surface area contributed by atoms with Crippen LogP contribution in [-0.2, 0) is 34.3 Å². The summed E-state index contributed by atoms with van der Waals surface area (Å²) in [5.74, 6) is -3.94. The summed E-state index contributed by atoms with van der Waals surface area (Å²) in [6.07, 6.45) is -3.47. The molecule has 1 aromatic heterocycles. The van der Waals surface area contributed by atoms with E-state index in [0.717, 1.165) is 11.3 Å². The molecule has 1 aliphatic heterocycles. The molecule has 16 nitrogen and oxygen atoms in total. The van der Waals surface area contributed by atoms with E-state index >= 15 is 0 Å². The lowest BCUT2D eigenvalue weighted by Gasteiger charge is -2.42. The van der Waals surface area contributed by atoms with Crippen molar-refractivity contribution in [2.75, 3.05) is 12.3 Å². The number of nitrogens with one attached hydrogen (secondary N) is 1. The number of carbonyl (C=O) groups is 4. The van der Waals surface area contributed by atoms with Crippen LogP contribution in [0.2, 0.25) is 0 Å². The maximum atomic E-state index is 12.5. The van der Waals surface area contributed by atoms with Gasteiger partial charge in [0.05, 0.1) is 0 Å². The van der Waals surface area contributed by atoms with Gasteiger partial charge in [-0.05, 0) is 0 Å². The Bertz CT molecular complexity index is 988. The number of nitrogens with zero attached hydrogens (tertiary/aromatic N) is 3. The summed E-state index contributed by atoms with van der Waals surface area (Å²) in [5.41, 5.74) is 9.47. The van der Waals surface area contributed by atoms with Crippen LogP contribution >= 0.6 is 11.3 Å². The number of amides is 3. The van der Waals surface area contributed by atoms with E-state index in [9.17, 15) is 27.6 Å². The van der Waals surface area contributed by atoms with Gasteiger partial charge < -0.3 is 31.5 Å². The smallest absolute Gasteiger partial charge is 0.406 e. The number of thiazole rings is 1. The molecule has 0 bridgehead atoms. The van der Waals surface area contributed by atoms with Gasteiger partial charge in [0.25, 0.3) is 11.8 Å². The van der Waals surface area contributed by atoms with E-state index in [2.05, 4.69) is 19.7 Å². The van der Waals surface area contributed by atoms with Crippen molar-refractivity contribution in [3.05, 3.63) is 11.1 Å². The average molecular weight is 452 g/mol. The minimum Gasteiger partial charge on any atom is -0.479 e. The topological polar surface area (TPSA) is 254 Å². The molecule has 2 heterocycles. The molecule has 18 heteroatoms. The van der Waals surface area contributed by atoms with E-state index in [4.69, 9.17) is 21.1 Å². The Labute approximate surface area is 164 Å². The number of carboxylic acid groups (broad SMARTS) is 1. The number of anilines is 1. The number of carboxylic acids is 1. The number of ether oxygens (including phenoxy) is 1. The van der Waals surface area contributed by atoms with E-state index in [1.54, 1.807) is 0 Å². The van der Waals surface area contributed by atoms with Gasteiger partial charge in [0.15, 0.2) is 16.9 Å². The van der Waals surface area contributed by atoms with Crippen molar-refractivity contribution in [3.63, 3.8) is 0 Å². The van der Waals surface area contributed by atoms with Gasteiger partial charge in [0, 0.05) is 5.38 Å². The van der Waals surface area contributed by atoms with Gasteiger partial charge in [-0.15, -0.1) is 11.3 Å². The van der Waals surface area contributed by atoms with Crippen molar-refractivity contribution < 1.29 is 46.8 Å². The van der Waals surface area contributed by atoms with Gasteiger partial charge >= 0.3 is 22.4 Å². The van der Waals surface area contributed by atoms with Gasteiger partial charge in [-0.1, -0.05) is 5.16 Å². The van der Waals surface area contributed by atoms with Crippen LogP contribution in [0, 0.1) is 0 Å². The van der Waals surface area contributed by atoms with E-state index in [1.165, 1.54) is 5.38 Å². The third-order valence-corrected chi connectivity index (χ3v) is 4.65. The third kappa shape index (κ3) is 5.06. The van der Waals surface area contributed by atoms with Gasteiger partial charge in [-0.2, -0.15) is 12.7 Å². The second-order valence-electron chi connectivity index (χ2n) is 5.07. The molecular weight excluding hydrogens is 440 g/mol. The lowest BCUT2D eigenvalue weighted by molar-refractivity contribution is -0.160. The molecule has 7 N–H and O–H groups in total. The van der Waals surface area contributed by atoms with E-state index in [-0.39, 0.29) is 15.1 Å². The first-order chi connectivity index (χ1) is 13.4. The van der Waals surface area contributed by atoms with E-state index in [0.29, 0.717) is 0 Å². The minimum atomic E-state index is -5.12. The highest BCUT2D eigenvalue weighted by Gasteiger charge is 2.57. The molecule has 0 aromatic carbocycles. The molecule has 0 saturated carbocycles. The van der Waals surface area contributed by atoms with E-state index < -0.39 is 58.8 Å². The molecule has 2 atom stereocenters. The molecule has 2 rings (SSSR count). The van der Waals surface area contributed by atoms with Crippen LogP contribution in [0.1, 0.15) is 5.69 Å². The summed E-state index contributed by atoms with van der Waals surface area (Å²) < 4.78 is 35.6. The third-order valence-electron chi connectivity index (χ3n) is 3.10. The number of oxime groups is 1. The van der Waals surface area contributed by atoms with Crippen LogP contribution in [0.15, 0.2) is 10.5 Å². The zero-order valence-electron chi connectivity index (χ0n) is 13.9. The number of aliphatic carboxylic acids is 1. The SMILES string of the molecule is NC(=O)O[C@@H]1[C@H](NC(=O)/C(=N/OCC(=O)O)c2csc(N)n2)C(=O)N1S(=O)(=O)O. The largest absolute Gasteiger partial charge is 0.479 e. The van der Waals surface area contributed by atoms with Gasteiger partial charge in [-0.25, -0.2) is 14.6 Å². The molecule has 1 aliphatic rings. The molecule has 1 aromatic rings. The van der Waals surface area contributed by atoms with Crippen molar-refractivity contribution in [2.24, 2.45) is 10.9 Å². The van der Waals surface area contributed by atoms with Crippen molar-refractivity contribution in [1.29, 1.82) is 0 Å². The van der Waals surface area contributed by atoms with Crippen LogP contribution in [0.25, 0.3) is 0 Å². The monoisotopic (exact) mass is 452 g/mol. The molecule has 1 saturated heterocycles. The predicted molar refractivity (Wildman–Crippen MR) is 91.4 cm³/mol. The van der Waals surface area contributed by atoms with Crippen LogP contribution in [0.5, 0.6) is 0 Å². The van der Waals surface area contributed by atoms with Gasteiger partial charge in [0.1, 0.15) is 5.69 Å². The van der Waals surface area contributed by atoms with Crippen molar-refractivity contribution in [3.8, 4) is 0 Å².